The zero-order chi connectivity index (χ0) is 13.1. The maximum atomic E-state index is 12.4. The number of rotatable bonds is 5. The van der Waals surface area contributed by atoms with Crippen molar-refractivity contribution in [3.8, 4) is 0 Å². The van der Waals surface area contributed by atoms with E-state index in [1.54, 1.807) is 0 Å². The Hall–Kier alpha value is -1.04. The van der Waals surface area contributed by atoms with Gasteiger partial charge < -0.3 is 9.69 Å². The molecule has 1 amide bonds. The average molecular weight is 270 g/mol. The highest BCUT2D eigenvalue weighted by Gasteiger charge is 2.39. The largest absolute Gasteiger partial charge is 0.412 e. The Morgan fingerprint density at radius 2 is 2.18 bits per heavy atom. The molecule has 1 aliphatic rings. The first-order valence-corrected chi connectivity index (χ1v) is 5.40. The van der Waals surface area contributed by atoms with Crippen LogP contribution >= 0.6 is 11.6 Å². The Labute approximate surface area is 101 Å². The van der Waals surface area contributed by atoms with E-state index in [0.717, 1.165) is 11.0 Å². The molecule has 2 atom stereocenters. The fraction of sp³-hybridized carbons (Fsp3) is 0.600. The number of carbonyl (C=O) groups excluding carboxylic acids is 2. The number of alkyl halides is 4. The topological polar surface area (TPSA) is 37.4 Å². The maximum Gasteiger partial charge on any atom is 0.412 e. The first kappa shape index (κ1) is 14.0. The molecule has 3 nitrogen and oxygen atoms in total. The first-order valence-electron chi connectivity index (χ1n) is 4.96. The Kier molecular flexibility index (Phi) is 4.56. The summed E-state index contributed by atoms with van der Waals surface area (Å²) in [6, 6.07) is -0.619. The molecule has 0 spiro atoms. The number of hydrogen-bond acceptors (Lipinski definition) is 2. The lowest BCUT2D eigenvalue weighted by Gasteiger charge is -2.28. The van der Waals surface area contributed by atoms with E-state index in [0.29, 0.717) is 12.7 Å². The standard InChI is InChI=1S/C10H11ClF3NO2/c11-9(3-4-16)15(6-17)8-2-1-7(5-8)10(12,13)14/h1,4,6,8-9H,2-3,5H2. The van der Waals surface area contributed by atoms with Crippen LogP contribution in [0.4, 0.5) is 13.2 Å². The van der Waals surface area contributed by atoms with E-state index in [9.17, 15) is 22.8 Å². The number of amides is 1. The lowest BCUT2D eigenvalue weighted by atomic mass is 10.1. The van der Waals surface area contributed by atoms with Crippen LogP contribution in [-0.4, -0.2) is 35.3 Å². The summed E-state index contributed by atoms with van der Waals surface area (Å²) in [5.74, 6) is 0. The minimum Gasteiger partial charge on any atom is -0.325 e. The van der Waals surface area contributed by atoms with Gasteiger partial charge in [0.2, 0.25) is 6.41 Å². The van der Waals surface area contributed by atoms with E-state index in [1.807, 2.05) is 0 Å². The molecule has 2 unspecified atom stereocenters. The molecule has 1 aliphatic carbocycles. The van der Waals surface area contributed by atoms with Gasteiger partial charge in [-0.25, -0.2) is 0 Å². The predicted molar refractivity (Wildman–Crippen MR) is 55.4 cm³/mol. The Balaban J connectivity index is 2.65. The van der Waals surface area contributed by atoms with E-state index in [2.05, 4.69) is 0 Å². The molecule has 0 heterocycles. The summed E-state index contributed by atoms with van der Waals surface area (Å²) in [5, 5.41) is 0. The molecule has 0 aromatic rings. The molecule has 0 aliphatic heterocycles. The SMILES string of the molecule is O=CCC(Cl)N(C=O)C1CC=C(C(F)(F)F)C1. The summed E-state index contributed by atoms with van der Waals surface area (Å²) in [6.07, 6.45) is -2.65. The first-order chi connectivity index (χ1) is 7.90. The van der Waals surface area contributed by atoms with Crippen molar-refractivity contribution >= 4 is 24.3 Å². The highest BCUT2D eigenvalue weighted by atomic mass is 35.5. The second-order valence-corrected chi connectivity index (χ2v) is 4.21. The van der Waals surface area contributed by atoms with Crippen molar-refractivity contribution in [2.45, 2.75) is 37.0 Å². The third kappa shape index (κ3) is 3.46. The fourth-order valence-corrected chi connectivity index (χ4v) is 2.02. The molecular weight excluding hydrogens is 259 g/mol. The van der Waals surface area contributed by atoms with E-state index >= 15 is 0 Å². The second-order valence-electron chi connectivity index (χ2n) is 3.71. The molecular formula is C10H11ClF3NO2. The lowest BCUT2D eigenvalue weighted by Crippen LogP contribution is -2.39. The lowest BCUT2D eigenvalue weighted by molar-refractivity contribution is -0.122. The number of aldehydes is 1. The number of hydrogen-bond donors (Lipinski definition) is 0. The highest BCUT2D eigenvalue weighted by Crippen LogP contribution is 2.36. The van der Waals surface area contributed by atoms with Gasteiger partial charge in [0.05, 0.1) is 0 Å². The summed E-state index contributed by atoms with van der Waals surface area (Å²) >= 11 is 5.75. The Bertz CT molecular complexity index is 330. The normalized spacial score (nSPS) is 21.9. The summed E-state index contributed by atoms with van der Waals surface area (Å²) in [5.41, 5.74) is -1.54. The highest BCUT2D eigenvalue weighted by molar-refractivity contribution is 6.21. The van der Waals surface area contributed by atoms with Gasteiger partial charge in [-0.2, -0.15) is 13.2 Å². The molecule has 96 valence electrons. The molecule has 0 saturated heterocycles. The van der Waals surface area contributed by atoms with E-state index in [1.165, 1.54) is 0 Å². The minimum atomic E-state index is -4.37. The van der Waals surface area contributed by atoms with Crippen LogP contribution in [0.25, 0.3) is 0 Å². The van der Waals surface area contributed by atoms with E-state index in [-0.39, 0.29) is 19.3 Å². The van der Waals surface area contributed by atoms with Crippen molar-refractivity contribution in [3.05, 3.63) is 11.6 Å². The third-order valence-electron chi connectivity index (χ3n) is 2.61. The van der Waals surface area contributed by atoms with Gasteiger partial charge in [0, 0.05) is 18.0 Å². The monoisotopic (exact) mass is 269 g/mol. The second kappa shape index (κ2) is 5.53. The van der Waals surface area contributed by atoms with E-state index in [4.69, 9.17) is 11.6 Å². The van der Waals surface area contributed by atoms with Crippen LogP contribution < -0.4 is 0 Å². The molecule has 0 N–H and O–H groups in total. The third-order valence-corrected chi connectivity index (χ3v) is 3.02. The van der Waals surface area contributed by atoms with Crippen LogP contribution in [0.5, 0.6) is 0 Å². The van der Waals surface area contributed by atoms with E-state index < -0.39 is 23.3 Å². The minimum absolute atomic E-state index is 0.0991. The van der Waals surface area contributed by atoms with Crippen LogP contribution in [-0.2, 0) is 9.59 Å². The molecule has 1 rings (SSSR count). The summed E-state index contributed by atoms with van der Waals surface area (Å²) in [4.78, 5) is 22.1. The zero-order valence-electron chi connectivity index (χ0n) is 8.78. The number of carbonyl (C=O) groups is 2. The van der Waals surface area contributed by atoms with Gasteiger partial charge in [0.1, 0.15) is 11.8 Å². The smallest absolute Gasteiger partial charge is 0.325 e. The van der Waals surface area contributed by atoms with Crippen molar-refractivity contribution in [1.82, 2.24) is 4.90 Å². The van der Waals surface area contributed by atoms with Crippen molar-refractivity contribution in [2.75, 3.05) is 0 Å². The quantitative estimate of drug-likeness (QED) is 0.332. The van der Waals surface area contributed by atoms with Crippen LogP contribution in [0.3, 0.4) is 0 Å². The molecule has 0 fully saturated rings. The zero-order valence-corrected chi connectivity index (χ0v) is 9.54. The van der Waals surface area contributed by atoms with Crippen LogP contribution in [0.1, 0.15) is 19.3 Å². The number of halogens is 4. The molecule has 0 aromatic heterocycles. The van der Waals surface area contributed by atoms with Gasteiger partial charge in [0.25, 0.3) is 0 Å². The van der Waals surface area contributed by atoms with Crippen LogP contribution in [0, 0.1) is 0 Å². The van der Waals surface area contributed by atoms with Crippen molar-refractivity contribution in [2.24, 2.45) is 0 Å². The molecule has 0 saturated carbocycles. The fourth-order valence-electron chi connectivity index (χ4n) is 1.74. The van der Waals surface area contributed by atoms with Crippen molar-refractivity contribution < 1.29 is 22.8 Å². The maximum absolute atomic E-state index is 12.4. The van der Waals surface area contributed by atoms with Crippen LogP contribution in [0.2, 0.25) is 0 Å². The van der Waals surface area contributed by atoms with Gasteiger partial charge in [-0.1, -0.05) is 17.7 Å². The van der Waals surface area contributed by atoms with Crippen molar-refractivity contribution in [1.29, 1.82) is 0 Å². The molecule has 0 bridgehead atoms. The molecule has 0 radical (unpaired) electrons. The summed E-state index contributed by atoms with van der Waals surface area (Å²) in [6.45, 7) is 0. The Morgan fingerprint density at radius 3 is 2.59 bits per heavy atom. The number of nitrogens with zero attached hydrogens (tertiary/aromatic N) is 1. The van der Waals surface area contributed by atoms with Gasteiger partial charge in [-0.3, -0.25) is 4.79 Å². The van der Waals surface area contributed by atoms with Gasteiger partial charge >= 0.3 is 6.18 Å². The van der Waals surface area contributed by atoms with Gasteiger partial charge in [-0.15, -0.1) is 0 Å². The van der Waals surface area contributed by atoms with Crippen LogP contribution in [0.15, 0.2) is 11.6 Å². The predicted octanol–water partition coefficient (Wildman–Crippen LogP) is 2.25. The summed E-state index contributed by atoms with van der Waals surface area (Å²) in [7, 11) is 0. The molecule has 0 aromatic carbocycles. The molecule has 7 heteroatoms. The molecule has 17 heavy (non-hydrogen) atoms. The van der Waals surface area contributed by atoms with Gasteiger partial charge in [-0.05, 0) is 12.8 Å². The average Bonchev–Trinajstić information content (AvgIpc) is 2.68. The van der Waals surface area contributed by atoms with Gasteiger partial charge in [0.15, 0.2) is 0 Å². The Morgan fingerprint density at radius 1 is 1.53 bits per heavy atom. The summed E-state index contributed by atoms with van der Waals surface area (Å²) < 4.78 is 37.2. The van der Waals surface area contributed by atoms with Crippen molar-refractivity contribution in [3.63, 3.8) is 0 Å².